The largest absolute Gasteiger partial charge is 0.376 e. The number of halogens is 2. The van der Waals surface area contributed by atoms with E-state index in [0.29, 0.717) is 12.2 Å². The zero-order chi connectivity index (χ0) is 14.8. The van der Waals surface area contributed by atoms with Gasteiger partial charge in [-0.15, -0.1) is 0 Å². The van der Waals surface area contributed by atoms with Crippen molar-refractivity contribution in [3.8, 4) is 0 Å². The Labute approximate surface area is 125 Å². The molecular formula is C16H26BrFO. The molecule has 19 heavy (non-hydrogen) atoms. The summed E-state index contributed by atoms with van der Waals surface area (Å²) in [5.41, 5.74) is 0.932. The van der Waals surface area contributed by atoms with Crippen molar-refractivity contribution < 1.29 is 9.13 Å². The number of hydrogen-bond donors (Lipinski definition) is 0. The molecule has 1 aromatic carbocycles. The SMILES string of the molecule is CCCC(C)OC(C)CC.Cc1cc(F)cc(Br)c1. The Morgan fingerprint density at radius 2 is 1.79 bits per heavy atom. The van der Waals surface area contributed by atoms with Crippen LogP contribution >= 0.6 is 15.9 Å². The van der Waals surface area contributed by atoms with Gasteiger partial charge in [-0.05, 0) is 57.4 Å². The number of ether oxygens (including phenoxy) is 1. The molecule has 3 heteroatoms. The van der Waals surface area contributed by atoms with E-state index in [2.05, 4.69) is 43.6 Å². The first-order valence-electron chi connectivity index (χ1n) is 6.97. The summed E-state index contributed by atoms with van der Waals surface area (Å²) >= 11 is 3.17. The number of aryl methyl sites for hydroxylation is 1. The zero-order valence-corrected chi connectivity index (χ0v) is 14.3. The molecule has 110 valence electrons. The molecule has 0 fully saturated rings. The standard InChI is InChI=1S/C9H20O.C7H6BrF/c1-5-7-9(4)10-8(3)6-2;1-5-2-6(8)4-7(9)3-5/h8-9H,5-7H2,1-4H3;2-4H,1H3. The summed E-state index contributed by atoms with van der Waals surface area (Å²) < 4.78 is 18.8. The van der Waals surface area contributed by atoms with Crippen LogP contribution in [0.15, 0.2) is 22.7 Å². The van der Waals surface area contributed by atoms with Gasteiger partial charge >= 0.3 is 0 Å². The van der Waals surface area contributed by atoms with Gasteiger partial charge in [0.1, 0.15) is 5.82 Å². The first kappa shape index (κ1) is 18.6. The average Bonchev–Trinajstić information content (AvgIpc) is 2.27. The Kier molecular flexibility index (Phi) is 10.2. The molecule has 0 saturated carbocycles. The Balaban J connectivity index is 0.000000342. The van der Waals surface area contributed by atoms with Crippen molar-refractivity contribution >= 4 is 15.9 Å². The number of hydrogen-bond acceptors (Lipinski definition) is 1. The maximum absolute atomic E-state index is 12.4. The second-order valence-corrected chi connectivity index (χ2v) is 5.82. The van der Waals surface area contributed by atoms with Gasteiger partial charge in [-0.2, -0.15) is 0 Å². The quantitative estimate of drug-likeness (QED) is 0.653. The number of benzene rings is 1. The second kappa shape index (κ2) is 10.4. The van der Waals surface area contributed by atoms with E-state index in [1.165, 1.54) is 25.0 Å². The topological polar surface area (TPSA) is 9.23 Å². The molecule has 0 heterocycles. The first-order chi connectivity index (χ1) is 8.88. The molecule has 0 bridgehead atoms. The Hall–Kier alpha value is -0.410. The van der Waals surface area contributed by atoms with Gasteiger partial charge in [0.2, 0.25) is 0 Å². The lowest BCUT2D eigenvalue weighted by molar-refractivity contribution is 0.00228. The summed E-state index contributed by atoms with van der Waals surface area (Å²) in [5, 5.41) is 0. The molecule has 0 radical (unpaired) electrons. The highest BCUT2D eigenvalue weighted by atomic mass is 79.9. The van der Waals surface area contributed by atoms with Crippen LogP contribution in [0.2, 0.25) is 0 Å². The van der Waals surface area contributed by atoms with Crippen molar-refractivity contribution in [1.82, 2.24) is 0 Å². The predicted octanol–water partition coefficient (Wildman–Crippen LogP) is 5.89. The third kappa shape index (κ3) is 10.1. The molecule has 0 aliphatic rings. The summed E-state index contributed by atoms with van der Waals surface area (Å²) in [6.07, 6.45) is 4.40. The van der Waals surface area contributed by atoms with Crippen LogP contribution in [-0.4, -0.2) is 12.2 Å². The van der Waals surface area contributed by atoms with Crippen molar-refractivity contribution in [1.29, 1.82) is 0 Å². The van der Waals surface area contributed by atoms with Crippen LogP contribution in [-0.2, 0) is 4.74 Å². The minimum absolute atomic E-state index is 0.193. The van der Waals surface area contributed by atoms with Gasteiger partial charge in [-0.3, -0.25) is 0 Å². The molecule has 2 atom stereocenters. The highest BCUT2D eigenvalue weighted by molar-refractivity contribution is 9.10. The summed E-state index contributed by atoms with van der Waals surface area (Å²) in [7, 11) is 0. The van der Waals surface area contributed by atoms with Crippen LogP contribution < -0.4 is 0 Å². The minimum Gasteiger partial charge on any atom is -0.376 e. The van der Waals surface area contributed by atoms with E-state index < -0.39 is 0 Å². The van der Waals surface area contributed by atoms with Gasteiger partial charge in [-0.1, -0.05) is 36.2 Å². The zero-order valence-electron chi connectivity index (χ0n) is 12.7. The second-order valence-electron chi connectivity index (χ2n) is 4.90. The van der Waals surface area contributed by atoms with Crippen LogP contribution in [0.5, 0.6) is 0 Å². The first-order valence-corrected chi connectivity index (χ1v) is 7.76. The molecule has 0 aliphatic heterocycles. The van der Waals surface area contributed by atoms with Gasteiger partial charge in [0.15, 0.2) is 0 Å². The molecule has 0 saturated heterocycles. The van der Waals surface area contributed by atoms with Gasteiger partial charge in [-0.25, -0.2) is 4.39 Å². The van der Waals surface area contributed by atoms with Crippen molar-refractivity contribution in [3.63, 3.8) is 0 Å². The molecule has 1 aromatic rings. The van der Waals surface area contributed by atoms with E-state index in [1.807, 2.05) is 13.0 Å². The van der Waals surface area contributed by atoms with E-state index in [9.17, 15) is 4.39 Å². The molecule has 1 rings (SSSR count). The Morgan fingerprint density at radius 3 is 2.21 bits per heavy atom. The summed E-state index contributed by atoms with van der Waals surface area (Å²) in [5.74, 6) is -0.193. The maximum Gasteiger partial charge on any atom is 0.124 e. The van der Waals surface area contributed by atoms with Gasteiger partial charge < -0.3 is 4.74 Å². The van der Waals surface area contributed by atoms with E-state index >= 15 is 0 Å². The molecular weight excluding hydrogens is 307 g/mol. The lowest BCUT2D eigenvalue weighted by Gasteiger charge is -2.16. The number of rotatable bonds is 5. The van der Waals surface area contributed by atoms with Crippen molar-refractivity contribution in [2.75, 3.05) is 0 Å². The van der Waals surface area contributed by atoms with Crippen LogP contribution in [0.1, 0.15) is 52.5 Å². The van der Waals surface area contributed by atoms with Crippen molar-refractivity contribution in [3.05, 3.63) is 34.1 Å². The van der Waals surface area contributed by atoms with E-state index in [0.717, 1.165) is 16.5 Å². The van der Waals surface area contributed by atoms with E-state index in [-0.39, 0.29) is 5.82 Å². The van der Waals surface area contributed by atoms with E-state index in [4.69, 9.17) is 4.74 Å². The minimum atomic E-state index is -0.193. The molecule has 0 amide bonds. The summed E-state index contributed by atoms with van der Waals surface area (Å²) in [4.78, 5) is 0. The smallest absolute Gasteiger partial charge is 0.124 e. The molecule has 0 spiro atoms. The molecule has 1 nitrogen and oxygen atoms in total. The normalized spacial score (nSPS) is 13.4. The third-order valence-corrected chi connectivity index (χ3v) is 3.20. The van der Waals surface area contributed by atoms with Crippen LogP contribution in [0, 0.1) is 12.7 Å². The van der Waals surface area contributed by atoms with Crippen LogP contribution in [0.4, 0.5) is 4.39 Å². The molecule has 0 aromatic heterocycles. The molecule has 0 aliphatic carbocycles. The molecule has 2 unspecified atom stereocenters. The fraction of sp³-hybridized carbons (Fsp3) is 0.625. The van der Waals surface area contributed by atoms with E-state index in [1.54, 1.807) is 0 Å². The highest BCUT2D eigenvalue weighted by Gasteiger charge is 2.04. The van der Waals surface area contributed by atoms with Crippen LogP contribution in [0.3, 0.4) is 0 Å². The fourth-order valence-electron chi connectivity index (χ4n) is 1.66. The van der Waals surface area contributed by atoms with Gasteiger partial charge in [0.05, 0.1) is 12.2 Å². The van der Waals surface area contributed by atoms with Crippen LogP contribution in [0.25, 0.3) is 0 Å². The molecule has 0 N–H and O–H groups in total. The average molecular weight is 333 g/mol. The monoisotopic (exact) mass is 332 g/mol. The summed E-state index contributed by atoms with van der Waals surface area (Å²) in [6, 6.07) is 4.79. The fourth-order valence-corrected chi connectivity index (χ4v) is 2.24. The summed E-state index contributed by atoms with van der Waals surface area (Å²) in [6.45, 7) is 10.5. The van der Waals surface area contributed by atoms with Crippen molar-refractivity contribution in [2.24, 2.45) is 0 Å². The van der Waals surface area contributed by atoms with Crippen molar-refractivity contribution in [2.45, 2.75) is 66.1 Å². The third-order valence-electron chi connectivity index (χ3n) is 2.74. The van der Waals surface area contributed by atoms with Gasteiger partial charge in [0, 0.05) is 4.47 Å². The lowest BCUT2D eigenvalue weighted by Crippen LogP contribution is -2.15. The Morgan fingerprint density at radius 1 is 1.16 bits per heavy atom. The lowest BCUT2D eigenvalue weighted by atomic mass is 10.2. The highest BCUT2D eigenvalue weighted by Crippen LogP contribution is 2.13. The van der Waals surface area contributed by atoms with Gasteiger partial charge in [0.25, 0.3) is 0 Å². The predicted molar refractivity (Wildman–Crippen MR) is 84.0 cm³/mol. The Bertz CT molecular complexity index is 304. The maximum atomic E-state index is 12.4.